The lowest BCUT2D eigenvalue weighted by Gasteiger charge is -2.13. The van der Waals surface area contributed by atoms with Crippen LogP contribution in [0.2, 0.25) is 0 Å². The number of rotatable bonds is 5. The number of guanidine groups is 1. The van der Waals surface area contributed by atoms with Gasteiger partial charge >= 0.3 is 0 Å². The van der Waals surface area contributed by atoms with Gasteiger partial charge in [0.15, 0.2) is 5.96 Å². The van der Waals surface area contributed by atoms with E-state index in [0.29, 0.717) is 18.4 Å². The summed E-state index contributed by atoms with van der Waals surface area (Å²) in [5.41, 5.74) is 0.106. The fourth-order valence-corrected chi connectivity index (χ4v) is 1.60. The van der Waals surface area contributed by atoms with Gasteiger partial charge in [-0.1, -0.05) is 19.9 Å². The monoisotopic (exact) mass is 269 g/mol. The largest absolute Gasteiger partial charge is 0.356 e. The van der Waals surface area contributed by atoms with Crippen molar-refractivity contribution in [2.75, 3.05) is 20.1 Å². The fourth-order valence-electron chi connectivity index (χ4n) is 1.60. The van der Waals surface area contributed by atoms with Gasteiger partial charge < -0.3 is 10.6 Å². The molecule has 0 unspecified atom stereocenters. The average Bonchev–Trinajstić information content (AvgIpc) is 2.36. The Morgan fingerprint density at radius 3 is 2.37 bits per heavy atom. The minimum absolute atomic E-state index is 0.106. The van der Waals surface area contributed by atoms with Gasteiger partial charge in [0.2, 0.25) is 0 Å². The molecule has 0 aliphatic rings. The predicted molar refractivity (Wildman–Crippen MR) is 74.3 cm³/mol. The summed E-state index contributed by atoms with van der Waals surface area (Å²) in [6, 6.07) is 3.90. The first-order chi connectivity index (χ1) is 9.04. The van der Waals surface area contributed by atoms with Gasteiger partial charge in [-0.3, -0.25) is 4.99 Å². The first-order valence-electron chi connectivity index (χ1n) is 6.42. The second kappa shape index (κ2) is 7.71. The molecule has 19 heavy (non-hydrogen) atoms. The topological polar surface area (TPSA) is 36.4 Å². The summed E-state index contributed by atoms with van der Waals surface area (Å²) in [5, 5.41) is 6.17. The van der Waals surface area contributed by atoms with Gasteiger partial charge in [-0.2, -0.15) is 0 Å². The van der Waals surface area contributed by atoms with Crippen LogP contribution < -0.4 is 10.6 Å². The van der Waals surface area contributed by atoms with Crippen molar-refractivity contribution in [2.45, 2.75) is 20.3 Å². The van der Waals surface area contributed by atoms with Crippen LogP contribution in [0.4, 0.5) is 8.78 Å². The Hall–Kier alpha value is -1.65. The highest BCUT2D eigenvalue weighted by atomic mass is 19.1. The Bertz CT molecular complexity index is 410. The van der Waals surface area contributed by atoms with E-state index >= 15 is 0 Å². The number of halogens is 2. The van der Waals surface area contributed by atoms with Crippen LogP contribution in [0.3, 0.4) is 0 Å². The SMILES string of the molecule is CN=C(NCCc1c(F)cccc1F)NCC(C)C. The van der Waals surface area contributed by atoms with Crippen molar-refractivity contribution >= 4 is 5.96 Å². The molecule has 0 saturated carbocycles. The Morgan fingerprint density at radius 1 is 1.21 bits per heavy atom. The van der Waals surface area contributed by atoms with E-state index in [-0.39, 0.29) is 12.0 Å². The highest BCUT2D eigenvalue weighted by molar-refractivity contribution is 5.79. The van der Waals surface area contributed by atoms with Gasteiger partial charge in [0.25, 0.3) is 0 Å². The first-order valence-corrected chi connectivity index (χ1v) is 6.42. The fraction of sp³-hybridized carbons (Fsp3) is 0.500. The highest BCUT2D eigenvalue weighted by Crippen LogP contribution is 2.11. The number of nitrogens with zero attached hydrogens (tertiary/aromatic N) is 1. The molecule has 0 aliphatic heterocycles. The molecular weight excluding hydrogens is 248 g/mol. The maximum Gasteiger partial charge on any atom is 0.190 e. The molecule has 0 heterocycles. The number of hydrogen-bond donors (Lipinski definition) is 2. The summed E-state index contributed by atoms with van der Waals surface area (Å²) in [6.07, 6.45) is 0.279. The van der Waals surface area contributed by atoms with E-state index < -0.39 is 11.6 Å². The van der Waals surface area contributed by atoms with Crippen molar-refractivity contribution < 1.29 is 8.78 Å². The van der Waals surface area contributed by atoms with E-state index in [2.05, 4.69) is 29.5 Å². The van der Waals surface area contributed by atoms with E-state index in [1.165, 1.54) is 18.2 Å². The Labute approximate surface area is 113 Å². The van der Waals surface area contributed by atoms with Crippen LogP contribution in [0.1, 0.15) is 19.4 Å². The number of hydrogen-bond acceptors (Lipinski definition) is 1. The van der Waals surface area contributed by atoms with E-state index in [9.17, 15) is 8.78 Å². The van der Waals surface area contributed by atoms with Crippen LogP contribution in [-0.2, 0) is 6.42 Å². The predicted octanol–water partition coefficient (Wildman–Crippen LogP) is 2.33. The molecule has 1 aromatic rings. The standard InChI is InChI=1S/C14H21F2N3/c1-10(2)9-19-14(17-3)18-8-7-11-12(15)5-4-6-13(11)16/h4-6,10H,7-9H2,1-3H3,(H2,17,18,19). The molecule has 3 nitrogen and oxygen atoms in total. The number of nitrogens with one attached hydrogen (secondary N) is 2. The molecule has 0 fully saturated rings. The normalized spacial score (nSPS) is 11.8. The van der Waals surface area contributed by atoms with Crippen molar-refractivity contribution in [3.63, 3.8) is 0 Å². The third-order valence-corrected chi connectivity index (χ3v) is 2.63. The van der Waals surface area contributed by atoms with Crippen molar-refractivity contribution in [1.29, 1.82) is 0 Å². The molecule has 0 amide bonds. The quantitative estimate of drug-likeness (QED) is 0.636. The zero-order valence-electron chi connectivity index (χ0n) is 11.6. The van der Waals surface area contributed by atoms with Gasteiger partial charge in [-0.05, 0) is 24.5 Å². The van der Waals surface area contributed by atoms with Gasteiger partial charge in [0, 0.05) is 25.7 Å². The molecular formula is C14H21F2N3. The smallest absolute Gasteiger partial charge is 0.190 e. The molecule has 1 rings (SSSR count). The van der Waals surface area contributed by atoms with Crippen molar-refractivity contribution in [1.82, 2.24) is 10.6 Å². The summed E-state index contributed by atoms with van der Waals surface area (Å²) in [4.78, 5) is 4.04. The molecule has 0 spiro atoms. The minimum Gasteiger partial charge on any atom is -0.356 e. The van der Waals surface area contributed by atoms with Gasteiger partial charge in [-0.25, -0.2) is 8.78 Å². The van der Waals surface area contributed by atoms with Crippen LogP contribution in [0.25, 0.3) is 0 Å². The van der Waals surface area contributed by atoms with Crippen molar-refractivity contribution in [2.24, 2.45) is 10.9 Å². The van der Waals surface area contributed by atoms with E-state index in [0.717, 1.165) is 6.54 Å². The zero-order chi connectivity index (χ0) is 14.3. The van der Waals surface area contributed by atoms with Crippen LogP contribution in [0.5, 0.6) is 0 Å². The maximum atomic E-state index is 13.4. The summed E-state index contributed by atoms with van der Waals surface area (Å²) in [5.74, 6) is 0.131. The average molecular weight is 269 g/mol. The van der Waals surface area contributed by atoms with E-state index in [4.69, 9.17) is 0 Å². The first kappa shape index (κ1) is 15.4. The van der Waals surface area contributed by atoms with E-state index in [1.54, 1.807) is 7.05 Å². The van der Waals surface area contributed by atoms with Crippen LogP contribution in [-0.4, -0.2) is 26.1 Å². The summed E-state index contributed by atoms with van der Waals surface area (Å²) in [6.45, 7) is 5.41. The van der Waals surface area contributed by atoms with Crippen molar-refractivity contribution in [3.05, 3.63) is 35.4 Å². The number of benzene rings is 1. The van der Waals surface area contributed by atoms with Crippen LogP contribution in [0, 0.1) is 17.6 Å². The highest BCUT2D eigenvalue weighted by Gasteiger charge is 2.08. The lowest BCUT2D eigenvalue weighted by atomic mass is 10.1. The molecule has 0 bridgehead atoms. The molecule has 1 aromatic carbocycles. The molecule has 106 valence electrons. The molecule has 0 aromatic heterocycles. The molecule has 0 radical (unpaired) electrons. The Balaban J connectivity index is 2.45. The summed E-state index contributed by atoms with van der Waals surface area (Å²) in [7, 11) is 1.67. The molecule has 0 aliphatic carbocycles. The second-order valence-corrected chi connectivity index (χ2v) is 4.72. The summed E-state index contributed by atoms with van der Waals surface area (Å²) >= 11 is 0. The lowest BCUT2D eigenvalue weighted by Crippen LogP contribution is -2.40. The molecule has 5 heteroatoms. The van der Waals surface area contributed by atoms with E-state index in [1.807, 2.05) is 0 Å². The van der Waals surface area contributed by atoms with Crippen LogP contribution in [0.15, 0.2) is 23.2 Å². The molecule has 0 atom stereocenters. The second-order valence-electron chi connectivity index (χ2n) is 4.72. The Morgan fingerprint density at radius 2 is 1.84 bits per heavy atom. The lowest BCUT2D eigenvalue weighted by molar-refractivity contribution is 0.552. The van der Waals surface area contributed by atoms with Crippen LogP contribution >= 0.6 is 0 Å². The molecule has 2 N–H and O–H groups in total. The number of aliphatic imine (C=N–C) groups is 1. The molecule has 0 saturated heterocycles. The van der Waals surface area contributed by atoms with Gasteiger partial charge in [-0.15, -0.1) is 0 Å². The van der Waals surface area contributed by atoms with Gasteiger partial charge in [0.1, 0.15) is 11.6 Å². The van der Waals surface area contributed by atoms with Gasteiger partial charge in [0.05, 0.1) is 0 Å². The maximum absolute atomic E-state index is 13.4. The van der Waals surface area contributed by atoms with Crippen molar-refractivity contribution in [3.8, 4) is 0 Å². The third-order valence-electron chi connectivity index (χ3n) is 2.63. The zero-order valence-corrected chi connectivity index (χ0v) is 11.6. The Kier molecular flexibility index (Phi) is 6.25. The third kappa shape index (κ3) is 5.24. The minimum atomic E-state index is -0.507. The summed E-state index contributed by atoms with van der Waals surface area (Å²) < 4.78 is 26.8.